The molecule has 7 heteroatoms. The van der Waals surface area contributed by atoms with E-state index < -0.39 is 11.9 Å². The van der Waals surface area contributed by atoms with Crippen molar-refractivity contribution in [3.05, 3.63) is 89.9 Å². The first-order valence-electron chi connectivity index (χ1n) is 9.92. The number of nitrogens with zero attached hydrogens (tertiary/aromatic N) is 1. The Morgan fingerprint density at radius 3 is 2.32 bits per heavy atom. The number of amides is 3. The second kappa shape index (κ2) is 10.2. The zero-order chi connectivity index (χ0) is 22.2. The third-order valence-electron chi connectivity index (χ3n) is 4.72. The van der Waals surface area contributed by atoms with Crippen molar-refractivity contribution in [1.82, 2.24) is 10.2 Å². The minimum absolute atomic E-state index is 0.116. The molecule has 2 aromatic carbocycles. The molecule has 0 bridgehead atoms. The molecule has 1 heterocycles. The fourth-order valence-corrected chi connectivity index (χ4v) is 3.08. The van der Waals surface area contributed by atoms with Crippen LogP contribution in [-0.2, 0) is 16.0 Å². The predicted molar refractivity (Wildman–Crippen MR) is 118 cm³/mol. The maximum absolute atomic E-state index is 13.1. The SMILES string of the molecule is Cc1ccc(NC(=O)CN(C)C(=O)C(Cc2ccccc2)NC(=O)c2ccco2)cc1. The number of benzene rings is 2. The molecule has 2 N–H and O–H groups in total. The van der Waals surface area contributed by atoms with Gasteiger partial charge in [-0.3, -0.25) is 14.4 Å². The van der Waals surface area contributed by atoms with Gasteiger partial charge in [-0.1, -0.05) is 48.0 Å². The van der Waals surface area contributed by atoms with Crippen LogP contribution in [0.15, 0.2) is 77.4 Å². The molecule has 160 valence electrons. The number of aryl methyl sites for hydroxylation is 1. The Kier molecular flexibility index (Phi) is 7.22. The number of hydrogen-bond acceptors (Lipinski definition) is 4. The number of carbonyl (C=O) groups is 3. The summed E-state index contributed by atoms with van der Waals surface area (Å²) < 4.78 is 5.12. The Morgan fingerprint density at radius 2 is 1.68 bits per heavy atom. The first-order valence-corrected chi connectivity index (χ1v) is 9.92. The van der Waals surface area contributed by atoms with E-state index >= 15 is 0 Å². The molecule has 0 spiro atoms. The molecule has 0 aliphatic carbocycles. The highest BCUT2D eigenvalue weighted by Gasteiger charge is 2.26. The Labute approximate surface area is 181 Å². The van der Waals surface area contributed by atoms with E-state index in [2.05, 4.69) is 10.6 Å². The number of carbonyl (C=O) groups excluding carboxylic acids is 3. The standard InChI is InChI=1S/C24H25N3O4/c1-17-10-12-19(13-11-17)25-22(28)16-27(2)24(30)20(15-18-7-4-3-5-8-18)26-23(29)21-9-6-14-31-21/h3-14,20H,15-16H2,1-2H3,(H,25,28)(H,26,29). The van der Waals surface area contributed by atoms with E-state index in [-0.39, 0.29) is 30.5 Å². The van der Waals surface area contributed by atoms with Crippen LogP contribution in [0, 0.1) is 6.92 Å². The molecule has 0 aliphatic heterocycles. The number of hydrogen-bond donors (Lipinski definition) is 2. The second-order valence-corrected chi connectivity index (χ2v) is 7.30. The van der Waals surface area contributed by atoms with Crippen molar-refractivity contribution in [2.45, 2.75) is 19.4 Å². The van der Waals surface area contributed by atoms with Crippen LogP contribution >= 0.6 is 0 Å². The number of likely N-dealkylation sites (N-methyl/N-ethyl adjacent to an activating group) is 1. The zero-order valence-electron chi connectivity index (χ0n) is 17.5. The van der Waals surface area contributed by atoms with Crippen molar-refractivity contribution in [1.29, 1.82) is 0 Å². The van der Waals surface area contributed by atoms with E-state index in [0.717, 1.165) is 11.1 Å². The highest BCUT2D eigenvalue weighted by atomic mass is 16.3. The summed E-state index contributed by atoms with van der Waals surface area (Å²) in [5, 5.41) is 5.49. The van der Waals surface area contributed by atoms with Crippen molar-refractivity contribution in [2.75, 3.05) is 18.9 Å². The van der Waals surface area contributed by atoms with Gasteiger partial charge in [-0.25, -0.2) is 0 Å². The number of nitrogens with one attached hydrogen (secondary N) is 2. The largest absolute Gasteiger partial charge is 0.459 e. The molecule has 0 radical (unpaired) electrons. The second-order valence-electron chi connectivity index (χ2n) is 7.30. The van der Waals surface area contributed by atoms with Crippen LogP contribution in [0.5, 0.6) is 0 Å². The van der Waals surface area contributed by atoms with Gasteiger partial charge in [0.2, 0.25) is 11.8 Å². The molecule has 7 nitrogen and oxygen atoms in total. The van der Waals surface area contributed by atoms with Crippen molar-refractivity contribution in [2.24, 2.45) is 0 Å². The summed E-state index contributed by atoms with van der Waals surface area (Å²) in [5.41, 5.74) is 2.63. The molecular formula is C24H25N3O4. The molecule has 31 heavy (non-hydrogen) atoms. The van der Waals surface area contributed by atoms with Crippen LogP contribution < -0.4 is 10.6 Å². The van der Waals surface area contributed by atoms with E-state index in [1.165, 1.54) is 24.3 Å². The molecule has 0 aliphatic rings. The van der Waals surface area contributed by atoms with Crippen LogP contribution in [0.4, 0.5) is 5.69 Å². The Balaban J connectivity index is 1.67. The van der Waals surface area contributed by atoms with Crippen LogP contribution in [-0.4, -0.2) is 42.3 Å². The summed E-state index contributed by atoms with van der Waals surface area (Å²) in [7, 11) is 1.54. The molecule has 1 aromatic heterocycles. The number of rotatable bonds is 8. The maximum Gasteiger partial charge on any atom is 0.287 e. The third-order valence-corrected chi connectivity index (χ3v) is 4.72. The normalized spacial score (nSPS) is 11.4. The highest BCUT2D eigenvalue weighted by molar-refractivity contribution is 5.98. The maximum atomic E-state index is 13.1. The number of anilines is 1. The average molecular weight is 419 g/mol. The van der Waals surface area contributed by atoms with Gasteiger partial charge in [0.25, 0.3) is 5.91 Å². The molecule has 0 saturated heterocycles. The fourth-order valence-electron chi connectivity index (χ4n) is 3.08. The quantitative estimate of drug-likeness (QED) is 0.587. The molecule has 3 aromatic rings. The molecule has 1 atom stereocenters. The Bertz CT molecular complexity index is 1010. The van der Waals surface area contributed by atoms with Gasteiger partial charge in [0.15, 0.2) is 5.76 Å². The summed E-state index contributed by atoms with van der Waals surface area (Å²) in [6.45, 7) is 1.82. The van der Waals surface area contributed by atoms with Gasteiger partial charge in [-0.05, 0) is 36.8 Å². The monoisotopic (exact) mass is 419 g/mol. The highest BCUT2D eigenvalue weighted by Crippen LogP contribution is 2.10. The van der Waals surface area contributed by atoms with Crippen LogP contribution in [0.1, 0.15) is 21.7 Å². The Morgan fingerprint density at radius 1 is 0.968 bits per heavy atom. The lowest BCUT2D eigenvalue weighted by atomic mass is 10.0. The smallest absolute Gasteiger partial charge is 0.287 e. The first-order chi connectivity index (χ1) is 14.9. The summed E-state index contributed by atoms with van der Waals surface area (Å²) in [6, 6.07) is 19.0. The van der Waals surface area contributed by atoms with Gasteiger partial charge in [-0.15, -0.1) is 0 Å². The van der Waals surface area contributed by atoms with Crippen molar-refractivity contribution < 1.29 is 18.8 Å². The van der Waals surface area contributed by atoms with E-state index in [0.29, 0.717) is 5.69 Å². The van der Waals surface area contributed by atoms with Crippen molar-refractivity contribution in [3.63, 3.8) is 0 Å². The van der Waals surface area contributed by atoms with E-state index in [1.54, 1.807) is 18.2 Å². The molecule has 0 saturated carbocycles. The van der Waals surface area contributed by atoms with Gasteiger partial charge in [-0.2, -0.15) is 0 Å². The van der Waals surface area contributed by atoms with Crippen LogP contribution in [0.3, 0.4) is 0 Å². The van der Waals surface area contributed by atoms with E-state index in [9.17, 15) is 14.4 Å². The van der Waals surface area contributed by atoms with Gasteiger partial charge in [0.1, 0.15) is 6.04 Å². The van der Waals surface area contributed by atoms with Gasteiger partial charge >= 0.3 is 0 Å². The van der Waals surface area contributed by atoms with Crippen molar-refractivity contribution >= 4 is 23.4 Å². The topological polar surface area (TPSA) is 91.7 Å². The summed E-state index contributed by atoms with van der Waals surface area (Å²) in [6.07, 6.45) is 1.68. The van der Waals surface area contributed by atoms with Crippen LogP contribution in [0.2, 0.25) is 0 Å². The molecule has 3 rings (SSSR count). The fraction of sp³-hybridized carbons (Fsp3) is 0.208. The molecule has 3 amide bonds. The van der Waals surface area contributed by atoms with Gasteiger partial charge < -0.3 is 20.0 Å². The zero-order valence-corrected chi connectivity index (χ0v) is 17.5. The first kappa shape index (κ1) is 21.8. The molecular weight excluding hydrogens is 394 g/mol. The lowest BCUT2D eigenvalue weighted by molar-refractivity contribution is -0.135. The third kappa shape index (κ3) is 6.30. The average Bonchev–Trinajstić information content (AvgIpc) is 3.30. The molecule has 0 fully saturated rings. The number of furan rings is 1. The van der Waals surface area contributed by atoms with Gasteiger partial charge in [0, 0.05) is 19.2 Å². The molecule has 1 unspecified atom stereocenters. The lowest BCUT2D eigenvalue weighted by Gasteiger charge is -2.24. The van der Waals surface area contributed by atoms with E-state index in [4.69, 9.17) is 4.42 Å². The van der Waals surface area contributed by atoms with Crippen LogP contribution in [0.25, 0.3) is 0 Å². The minimum Gasteiger partial charge on any atom is -0.459 e. The summed E-state index contributed by atoms with van der Waals surface area (Å²) >= 11 is 0. The summed E-state index contributed by atoms with van der Waals surface area (Å²) in [5.74, 6) is -1.07. The lowest BCUT2D eigenvalue weighted by Crippen LogP contribution is -2.50. The van der Waals surface area contributed by atoms with Gasteiger partial charge in [0.05, 0.1) is 12.8 Å². The van der Waals surface area contributed by atoms with Crippen molar-refractivity contribution in [3.8, 4) is 0 Å². The van der Waals surface area contributed by atoms with E-state index in [1.807, 2.05) is 49.4 Å². The summed E-state index contributed by atoms with van der Waals surface area (Å²) in [4.78, 5) is 39.3. The predicted octanol–water partition coefficient (Wildman–Crippen LogP) is 3.03. The Hall–Kier alpha value is -3.87. The minimum atomic E-state index is -0.850.